The van der Waals surface area contributed by atoms with E-state index in [1.54, 1.807) is 4.68 Å². The molecule has 35 heavy (non-hydrogen) atoms. The second-order valence-corrected chi connectivity index (χ2v) is 11.5. The van der Waals surface area contributed by atoms with Crippen LogP contribution >= 0.6 is 0 Å². The Morgan fingerprint density at radius 2 is 1.43 bits per heavy atom. The number of aromatic nitrogens is 4. The van der Waals surface area contributed by atoms with Gasteiger partial charge in [-0.05, 0) is 48.2 Å². The van der Waals surface area contributed by atoms with Gasteiger partial charge in [0.15, 0.2) is 0 Å². The van der Waals surface area contributed by atoms with Gasteiger partial charge in [0.2, 0.25) is 0 Å². The van der Waals surface area contributed by atoms with E-state index in [4.69, 9.17) is 15.1 Å². The van der Waals surface area contributed by atoms with Crippen molar-refractivity contribution in [2.24, 2.45) is 0 Å². The molecule has 0 unspecified atom stereocenters. The summed E-state index contributed by atoms with van der Waals surface area (Å²) in [7, 11) is 0. The molecule has 0 radical (unpaired) electrons. The second kappa shape index (κ2) is 9.82. The van der Waals surface area contributed by atoms with Crippen LogP contribution in [0.15, 0.2) is 60.8 Å². The van der Waals surface area contributed by atoms with Gasteiger partial charge < -0.3 is 4.98 Å². The van der Waals surface area contributed by atoms with Crippen LogP contribution < -0.4 is 0 Å². The third kappa shape index (κ3) is 5.81. The van der Waals surface area contributed by atoms with Gasteiger partial charge in [0.25, 0.3) is 0 Å². The predicted octanol–water partition coefficient (Wildman–Crippen LogP) is 6.85. The van der Waals surface area contributed by atoms with Crippen LogP contribution in [0.1, 0.15) is 78.0 Å². The van der Waals surface area contributed by atoms with Crippen molar-refractivity contribution < 1.29 is 21.1 Å². The Labute approximate surface area is 224 Å². The molecular formula is C30H34N4Pt. The van der Waals surface area contributed by atoms with Gasteiger partial charge in [-0.1, -0.05) is 53.7 Å². The summed E-state index contributed by atoms with van der Waals surface area (Å²) in [6, 6.07) is 25.1. The summed E-state index contributed by atoms with van der Waals surface area (Å²) in [5, 5.41) is 4.88. The molecule has 0 amide bonds. The first-order chi connectivity index (χ1) is 15.9. The van der Waals surface area contributed by atoms with E-state index in [2.05, 4.69) is 91.8 Å². The number of nitrogens with zero attached hydrogens (tertiary/aromatic N) is 4. The molecule has 5 heteroatoms. The first kappa shape index (κ1) is 27.0. The molecule has 0 fully saturated rings. The van der Waals surface area contributed by atoms with Crippen LogP contribution in [0.3, 0.4) is 0 Å². The van der Waals surface area contributed by atoms with Crippen LogP contribution in [0.2, 0.25) is 0 Å². The molecule has 1 aromatic carbocycles. The summed E-state index contributed by atoms with van der Waals surface area (Å²) >= 11 is 0. The van der Waals surface area contributed by atoms with Crippen LogP contribution in [0.5, 0.6) is 0 Å². The van der Waals surface area contributed by atoms with E-state index in [-0.39, 0.29) is 37.3 Å². The van der Waals surface area contributed by atoms with Gasteiger partial charge in [0.05, 0.1) is 16.9 Å². The standard InChI is InChI=1S/C30H34N4.Pt/c1-28(2,3)22-13-9-12-21(20-22)23-14-10-16-25(31-23)30(7,8)26-18-19-34(33-26)27-17-11-15-24(32-27)29(4,5)6;/h9-11,13-16,18-20H,1-8H3;/q-2;+2. The Kier molecular flexibility index (Phi) is 7.58. The van der Waals surface area contributed by atoms with Crippen LogP contribution in [0, 0.1) is 12.1 Å². The van der Waals surface area contributed by atoms with Gasteiger partial charge in [-0.15, -0.1) is 35.4 Å². The third-order valence-corrected chi connectivity index (χ3v) is 6.23. The molecule has 184 valence electrons. The molecule has 0 bridgehead atoms. The average molecular weight is 646 g/mol. The maximum atomic E-state index is 5.04. The van der Waals surface area contributed by atoms with Crippen LogP contribution in [-0.4, -0.2) is 19.7 Å². The van der Waals surface area contributed by atoms with E-state index >= 15 is 0 Å². The fourth-order valence-electron chi connectivity index (χ4n) is 3.83. The quantitative estimate of drug-likeness (QED) is 0.228. The molecule has 0 saturated carbocycles. The summed E-state index contributed by atoms with van der Waals surface area (Å²) in [4.78, 5) is 9.83. The number of rotatable bonds is 4. The van der Waals surface area contributed by atoms with E-state index in [0.29, 0.717) is 5.82 Å². The minimum Gasteiger partial charge on any atom is -0.300 e. The van der Waals surface area contributed by atoms with Crippen molar-refractivity contribution in [2.75, 3.05) is 0 Å². The molecule has 4 aromatic rings. The largest absolute Gasteiger partial charge is 2.00 e. The van der Waals surface area contributed by atoms with Gasteiger partial charge in [-0.3, -0.25) is 4.98 Å². The molecule has 0 spiro atoms. The van der Waals surface area contributed by atoms with Gasteiger partial charge in [0.1, 0.15) is 0 Å². The van der Waals surface area contributed by atoms with Crippen molar-refractivity contribution in [1.82, 2.24) is 19.7 Å². The van der Waals surface area contributed by atoms with Gasteiger partial charge in [0, 0.05) is 11.9 Å². The summed E-state index contributed by atoms with van der Waals surface area (Å²) in [6.45, 7) is 17.4. The maximum Gasteiger partial charge on any atom is 2.00 e. The molecule has 3 heterocycles. The van der Waals surface area contributed by atoms with Crippen molar-refractivity contribution in [2.45, 2.75) is 71.6 Å². The van der Waals surface area contributed by atoms with Crippen molar-refractivity contribution in [3.63, 3.8) is 0 Å². The predicted molar refractivity (Wildman–Crippen MR) is 138 cm³/mol. The molecule has 0 atom stereocenters. The summed E-state index contributed by atoms with van der Waals surface area (Å²) in [5.41, 5.74) is 5.76. The smallest absolute Gasteiger partial charge is 0.300 e. The Hall–Kier alpha value is -2.58. The topological polar surface area (TPSA) is 43.6 Å². The van der Waals surface area contributed by atoms with Crippen molar-refractivity contribution >= 4 is 0 Å². The molecule has 3 aromatic heterocycles. The fraction of sp³-hybridized carbons (Fsp3) is 0.367. The van der Waals surface area contributed by atoms with E-state index in [1.807, 2.05) is 36.5 Å². The Bertz CT molecular complexity index is 1310. The number of benzene rings is 1. The van der Waals surface area contributed by atoms with Crippen LogP contribution in [0.25, 0.3) is 17.1 Å². The first-order valence-electron chi connectivity index (χ1n) is 11.8. The number of pyridine rings is 2. The van der Waals surface area contributed by atoms with Crippen LogP contribution in [-0.2, 0) is 37.3 Å². The Morgan fingerprint density at radius 1 is 0.714 bits per heavy atom. The summed E-state index contributed by atoms with van der Waals surface area (Å²) in [6.07, 6.45) is 1.95. The minimum atomic E-state index is -0.384. The zero-order valence-corrected chi connectivity index (χ0v) is 24.2. The zero-order chi connectivity index (χ0) is 24.7. The van der Waals surface area contributed by atoms with Crippen LogP contribution in [0.4, 0.5) is 0 Å². The van der Waals surface area contributed by atoms with E-state index in [9.17, 15) is 0 Å². The summed E-state index contributed by atoms with van der Waals surface area (Å²) in [5.74, 6) is 0.699. The van der Waals surface area contributed by atoms with Crippen molar-refractivity contribution in [1.29, 1.82) is 0 Å². The number of hydrogen-bond acceptors (Lipinski definition) is 3. The van der Waals surface area contributed by atoms with E-state index in [1.165, 1.54) is 5.56 Å². The Morgan fingerprint density at radius 3 is 2.11 bits per heavy atom. The van der Waals surface area contributed by atoms with Crippen molar-refractivity contribution in [3.05, 3.63) is 95.6 Å². The van der Waals surface area contributed by atoms with Gasteiger partial charge in [-0.2, -0.15) is 11.2 Å². The Balaban J connectivity index is 0.00000342. The molecule has 4 rings (SSSR count). The molecule has 0 aliphatic rings. The number of hydrogen-bond donors (Lipinski definition) is 0. The normalized spacial score (nSPS) is 12.3. The molecule has 0 N–H and O–H groups in total. The summed E-state index contributed by atoms with van der Waals surface area (Å²) < 4.78 is 1.80. The van der Waals surface area contributed by atoms with Gasteiger partial charge >= 0.3 is 21.1 Å². The van der Waals surface area contributed by atoms with Gasteiger partial charge in [-0.25, -0.2) is 16.8 Å². The van der Waals surface area contributed by atoms with E-state index in [0.717, 1.165) is 28.3 Å². The fourth-order valence-corrected chi connectivity index (χ4v) is 3.83. The molecular weight excluding hydrogens is 611 g/mol. The van der Waals surface area contributed by atoms with E-state index < -0.39 is 0 Å². The molecule has 0 saturated heterocycles. The molecule has 4 nitrogen and oxygen atoms in total. The molecule has 0 aliphatic carbocycles. The van der Waals surface area contributed by atoms with Crippen molar-refractivity contribution in [3.8, 4) is 17.1 Å². The minimum absolute atomic E-state index is 0. The molecule has 0 aliphatic heterocycles. The average Bonchev–Trinajstić information content (AvgIpc) is 3.30. The monoisotopic (exact) mass is 645 g/mol. The third-order valence-electron chi connectivity index (χ3n) is 6.23. The zero-order valence-electron chi connectivity index (χ0n) is 21.9. The first-order valence-corrected chi connectivity index (χ1v) is 11.8. The maximum absolute atomic E-state index is 5.04. The SMILES string of the molecule is CC(C)(C)c1cc[c-]c(-c2cccc(C(C)(C)c3ccn(-c4[c-]ccc(C(C)(C)C)n4)n3)n2)c1.[Pt+2]. The second-order valence-electron chi connectivity index (χ2n) is 11.5.